The minimum atomic E-state index is 0.0910. The molecule has 0 saturated heterocycles. The Labute approximate surface area is 115 Å². The Hall–Kier alpha value is -2.25. The third-order valence-electron chi connectivity index (χ3n) is 3.11. The van der Waals surface area contributed by atoms with Crippen LogP contribution >= 0.6 is 0 Å². The van der Waals surface area contributed by atoms with E-state index in [0.29, 0.717) is 19.6 Å². The van der Waals surface area contributed by atoms with Crippen molar-refractivity contribution < 1.29 is 9.74 Å². The second kappa shape index (κ2) is 5.81. The first kappa shape index (κ1) is 12.8. The number of nitrogens with one attached hydrogen (secondary N) is 1. The summed E-state index contributed by atoms with van der Waals surface area (Å²) in [5.74, 6) is 0.865. The Morgan fingerprint density at radius 3 is 3.00 bits per heavy atom. The maximum atomic E-state index is 9.20. The summed E-state index contributed by atoms with van der Waals surface area (Å²) >= 11 is 0. The molecule has 0 aliphatic rings. The lowest BCUT2D eigenvalue weighted by molar-refractivity contribution is 0.182. The summed E-state index contributed by atoms with van der Waals surface area (Å²) in [7, 11) is 0. The molecule has 0 aliphatic carbocycles. The molecule has 0 fully saturated rings. The highest BCUT2D eigenvalue weighted by atomic mass is 16.6. The van der Waals surface area contributed by atoms with E-state index < -0.39 is 0 Å². The number of fused-ring (bicyclic) bond motifs is 1. The minimum absolute atomic E-state index is 0.0910. The molecule has 0 amide bonds. The van der Waals surface area contributed by atoms with E-state index in [4.69, 9.17) is 4.63 Å². The van der Waals surface area contributed by atoms with Crippen molar-refractivity contribution in [2.24, 2.45) is 0 Å². The SMILES string of the molecule is OCCN(Cc1ncc[nH]1)Cc1cccc2nonc12. The topological polar surface area (TPSA) is 91.1 Å². The summed E-state index contributed by atoms with van der Waals surface area (Å²) in [4.78, 5) is 9.36. The van der Waals surface area contributed by atoms with Gasteiger partial charge in [0.25, 0.3) is 0 Å². The number of nitrogens with zero attached hydrogens (tertiary/aromatic N) is 4. The Morgan fingerprint density at radius 1 is 1.25 bits per heavy atom. The molecule has 0 aliphatic heterocycles. The van der Waals surface area contributed by atoms with Crippen molar-refractivity contribution in [3.63, 3.8) is 0 Å². The average Bonchev–Trinajstić information content (AvgIpc) is 3.10. The molecular weight excluding hydrogens is 258 g/mol. The zero-order valence-corrected chi connectivity index (χ0v) is 10.9. The van der Waals surface area contributed by atoms with Crippen LogP contribution in [0.1, 0.15) is 11.4 Å². The number of rotatable bonds is 6. The highest BCUT2D eigenvalue weighted by Gasteiger charge is 2.12. The molecule has 104 valence electrons. The number of hydrogen-bond acceptors (Lipinski definition) is 6. The number of H-pyrrole nitrogens is 1. The van der Waals surface area contributed by atoms with Crippen LogP contribution in [0.4, 0.5) is 0 Å². The van der Waals surface area contributed by atoms with Crippen LogP contribution in [0.3, 0.4) is 0 Å². The Morgan fingerprint density at radius 2 is 2.20 bits per heavy atom. The maximum Gasteiger partial charge on any atom is 0.139 e. The van der Waals surface area contributed by atoms with Crippen molar-refractivity contribution in [1.29, 1.82) is 0 Å². The monoisotopic (exact) mass is 273 g/mol. The number of aliphatic hydroxyl groups excluding tert-OH is 1. The van der Waals surface area contributed by atoms with Crippen molar-refractivity contribution in [3.8, 4) is 0 Å². The van der Waals surface area contributed by atoms with E-state index in [1.54, 1.807) is 12.4 Å². The van der Waals surface area contributed by atoms with Gasteiger partial charge in [0, 0.05) is 25.5 Å². The van der Waals surface area contributed by atoms with Gasteiger partial charge in [0.05, 0.1) is 13.2 Å². The van der Waals surface area contributed by atoms with Gasteiger partial charge in [-0.3, -0.25) is 4.90 Å². The van der Waals surface area contributed by atoms with Crippen LogP contribution < -0.4 is 0 Å². The van der Waals surface area contributed by atoms with Gasteiger partial charge in [-0.1, -0.05) is 12.1 Å². The summed E-state index contributed by atoms with van der Waals surface area (Å²) in [5, 5.41) is 17.0. The highest BCUT2D eigenvalue weighted by molar-refractivity contribution is 5.76. The predicted molar refractivity (Wildman–Crippen MR) is 71.6 cm³/mol. The second-order valence-corrected chi connectivity index (χ2v) is 4.52. The van der Waals surface area contributed by atoms with Crippen LogP contribution in [-0.4, -0.2) is 43.4 Å². The fourth-order valence-corrected chi connectivity index (χ4v) is 2.18. The van der Waals surface area contributed by atoms with E-state index in [-0.39, 0.29) is 6.61 Å². The number of aliphatic hydroxyl groups is 1. The van der Waals surface area contributed by atoms with E-state index in [1.807, 2.05) is 18.2 Å². The summed E-state index contributed by atoms with van der Waals surface area (Å²) in [5.41, 5.74) is 2.52. The quantitative estimate of drug-likeness (QED) is 0.694. The van der Waals surface area contributed by atoms with Gasteiger partial charge in [0.2, 0.25) is 0 Å². The number of benzene rings is 1. The number of hydrogen-bond donors (Lipinski definition) is 2. The van der Waals surface area contributed by atoms with Gasteiger partial charge in [-0.05, 0) is 21.9 Å². The normalized spacial score (nSPS) is 11.5. The number of aromatic amines is 1. The smallest absolute Gasteiger partial charge is 0.139 e. The highest BCUT2D eigenvalue weighted by Crippen LogP contribution is 2.17. The van der Waals surface area contributed by atoms with Gasteiger partial charge >= 0.3 is 0 Å². The first-order valence-electron chi connectivity index (χ1n) is 6.38. The van der Waals surface area contributed by atoms with E-state index in [9.17, 15) is 5.11 Å². The Balaban J connectivity index is 1.80. The summed E-state index contributed by atoms with van der Waals surface area (Å²) in [6.45, 7) is 1.93. The molecule has 0 spiro atoms. The second-order valence-electron chi connectivity index (χ2n) is 4.52. The van der Waals surface area contributed by atoms with Crippen LogP contribution in [0.2, 0.25) is 0 Å². The van der Waals surface area contributed by atoms with Crippen LogP contribution in [0, 0.1) is 0 Å². The van der Waals surface area contributed by atoms with E-state index >= 15 is 0 Å². The first-order valence-corrected chi connectivity index (χ1v) is 6.38. The third-order valence-corrected chi connectivity index (χ3v) is 3.11. The molecule has 3 aromatic rings. The molecule has 2 heterocycles. The molecule has 0 unspecified atom stereocenters. The summed E-state index contributed by atoms with van der Waals surface area (Å²) in [6, 6.07) is 5.77. The zero-order chi connectivity index (χ0) is 13.8. The van der Waals surface area contributed by atoms with Crippen molar-refractivity contribution in [1.82, 2.24) is 25.2 Å². The van der Waals surface area contributed by atoms with E-state index in [1.165, 1.54) is 0 Å². The van der Waals surface area contributed by atoms with Crippen molar-refractivity contribution in [3.05, 3.63) is 42.0 Å². The molecule has 7 nitrogen and oxygen atoms in total. The molecule has 3 rings (SSSR count). The van der Waals surface area contributed by atoms with Gasteiger partial charge in [-0.2, -0.15) is 0 Å². The van der Waals surface area contributed by atoms with Crippen LogP contribution in [0.15, 0.2) is 35.2 Å². The molecule has 0 bridgehead atoms. The molecular formula is C13H15N5O2. The predicted octanol–water partition coefficient (Wildman–Crippen LogP) is 0.940. The van der Waals surface area contributed by atoms with Crippen molar-refractivity contribution in [2.45, 2.75) is 13.1 Å². The fourth-order valence-electron chi connectivity index (χ4n) is 2.18. The molecule has 7 heteroatoms. The lowest BCUT2D eigenvalue weighted by Gasteiger charge is -2.20. The first-order chi connectivity index (χ1) is 9.86. The molecule has 2 aromatic heterocycles. The van der Waals surface area contributed by atoms with Crippen LogP contribution in [-0.2, 0) is 13.1 Å². The molecule has 2 N–H and O–H groups in total. The van der Waals surface area contributed by atoms with Gasteiger partial charge < -0.3 is 10.1 Å². The molecule has 1 aromatic carbocycles. The molecule has 20 heavy (non-hydrogen) atoms. The average molecular weight is 273 g/mol. The molecule has 0 saturated carbocycles. The lowest BCUT2D eigenvalue weighted by Crippen LogP contribution is -2.26. The standard InChI is InChI=1S/C13H15N5O2/c19-7-6-18(9-12-14-4-5-15-12)8-10-2-1-3-11-13(10)17-20-16-11/h1-5,19H,6-9H2,(H,14,15). The summed E-state index contributed by atoms with van der Waals surface area (Å²) in [6.07, 6.45) is 3.50. The lowest BCUT2D eigenvalue weighted by atomic mass is 10.1. The van der Waals surface area contributed by atoms with E-state index in [2.05, 4.69) is 25.2 Å². The van der Waals surface area contributed by atoms with Crippen LogP contribution in [0.25, 0.3) is 11.0 Å². The number of imidazole rings is 1. The van der Waals surface area contributed by atoms with Gasteiger partial charge in [0.15, 0.2) is 0 Å². The fraction of sp³-hybridized carbons (Fsp3) is 0.308. The number of aromatic nitrogens is 4. The molecule has 0 radical (unpaired) electrons. The third kappa shape index (κ3) is 2.68. The van der Waals surface area contributed by atoms with Gasteiger partial charge in [-0.15, -0.1) is 0 Å². The minimum Gasteiger partial charge on any atom is -0.395 e. The van der Waals surface area contributed by atoms with Crippen molar-refractivity contribution in [2.75, 3.05) is 13.2 Å². The van der Waals surface area contributed by atoms with Gasteiger partial charge in [-0.25, -0.2) is 9.61 Å². The maximum absolute atomic E-state index is 9.20. The van der Waals surface area contributed by atoms with Crippen molar-refractivity contribution >= 4 is 11.0 Å². The van der Waals surface area contributed by atoms with Gasteiger partial charge in [0.1, 0.15) is 16.9 Å². The Kier molecular flexibility index (Phi) is 3.71. The van der Waals surface area contributed by atoms with E-state index in [0.717, 1.165) is 22.4 Å². The largest absolute Gasteiger partial charge is 0.395 e. The Bertz CT molecular complexity index is 664. The van der Waals surface area contributed by atoms with Crippen LogP contribution in [0.5, 0.6) is 0 Å². The summed E-state index contributed by atoms with van der Waals surface area (Å²) < 4.78 is 4.77. The zero-order valence-electron chi connectivity index (χ0n) is 10.9. The molecule has 0 atom stereocenters.